The monoisotopic (exact) mass is 424 g/mol. The lowest BCUT2D eigenvalue weighted by molar-refractivity contribution is 0.412. The third-order valence-electron chi connectivity index (χ3n) is 5.18. The van der Waals surface area contributed by atoms with E-state index in [1.54, 1.807) is 23.1 Å². The Balaban J connectivity index is 1.59. The highest BCUT2D eigenvalue weighted by Gasteiger charge is 2.19. The molecular weight excluding hydrogens is 403 g/mol. The van der Waals surface area contributed by atoms with Gasteiger partial charge in [-0.2, -0.15) is 10.4 Å². The fourth-order valence-corrected chi connectivity index (χ4v) is 4.25. The van der Waals surface area contributed by atoms with Crippen LogP contribution >= 0.6 is 0 Å². The van der Waals surface area contributed by atoms with Gasteiger partial charge in [-0.25, -0.2) is 17.6 Å². The summed E-state index contributed by atoms with van der Waals surface area (Å²) >= 11 is 0. The van der Waals surface area contributed by atoms with Gasteiger partial charge >= 0.3 is 0 Å². The number of aromatic nitrogens is 2. The Morgan fingerprint density at radius 2 is 1.73 bits per heavy atom. The standard InChI is InChI=1S/C21H21FN6OS/c1-30(29)27-10-8-26(9-11-27)17-4-6-18(7-5-17)28-20(13-21(24)25-28)15-2-3-16(14-23)19(22)12-15/h2-7,12-13H,8-11H2,1H3,(H2,24,25). The topological polar surface area (TPSA) is 91.2 Å². The van der Waals surface area contributed by atoms with Gasteiger partial charge in [0.05, 0.1) is 27.9 Å². The van der Waals surface area contributed by atoms with Crippen molar-refractivity contribution in [3.8, 4) is 23.0 Å². The molecule has 3 aromatic rings. The average molecular weight is 425 g/mol. The van der Waals surface area contributed by atoms with E-state index in [9.17, 15) is 8.60 Å². The van der Waals surface area contributed by atoms with Crippen molar-refractivity contribution >= 4 is 22.5 Å². The van der Waals surface area contributed by atoms with Crippen molar-refractivity contribution in [1.29, 1.82) is 5.26 Å². The minimum Gasteiger partial charge on any atom is -0.382 e. The van der Waals surface area contributed by atoms with Crippen LogP contribution in [0.25, 0.3) is 16.9 Å². The summed E-state index contributed by atoms with van der Waals surface area (Å²) in [5, 5.41) is 13.3. The maximum absolute atomic E-state index is 14.1. The van der Waals surface area contributed by atoms with E-state index >= 15 is 0 Å². The number of piperazine rings is 1. The van der Waals surface area contributed by atoms with Gasteiger partial charge in [0.15, 0.2) is 0 Å². The number of anilines is 2. The molecule has 2 N–H and O–H groups in total. The predicted molar refractivity (Wildman–Crippen MR) is 116 cm³/mol. The third kappa shape index (κ3) is 3.92. The zero-order valence-corrected chi connectivity index (χ0v) is 17.3. The van der Waals surface area contributed by atoms with Crippen molar-refractivity contribution in [3.63, 3.8) is 0 Å². The molecule has 1 fully saturated rings. The lowest BCUT2D eigenvalue weighted by atomic mass is 10.1. The number of hydrogen-bond donors (Lipinski definition) is 1. The molecular formula is C21H21FN6OS. The van der Waals surface area contributed by atoms with Gasteiger partial charge in [0.25, 0.3) is 0 Å². The molecule has 0 radical (unpaired) electrons. The second kappa shape index (κ2) is 8.26. The van der Waals surface area contributed by atoms with Crippen LogP contribution in [0.4, 0.5) is 15.9 Å². The Kier molecular flexibility index (Phi) is 5.53. The maximum Gasteiger partial charge on any atom is 0.146 e. The van der Waals surface area contributed by atoms with Gasteiger partial charge in [0.1, 0.15) is 17.7 Å². The zero-order valence-electron chi connectivity index (χ0n) is 16.5. The van der Waals surface area contributed by atoms with E-state index in [2.05, 4.69) is 10.00 Å². The Bertz CT molecular complexity index is 1130. The van der Waals surface area contributed by atoms with Gasteiger partial charge in [0.2, 0.25) is 0 Å². The lowest BCUT2D eigenvalue weighted by Crippen LogP contribution is -2.46. The van der Waals surface area contributed by atoms with E-state index in [4.69, 9.17) is 11.0 Å². The first-order chi connectivity index (χ1) is 14.5. The second-order valence-corrected chi connectivity index (χ2v) is 8.39. The Morgan fingerprint density at radius 3 is 2.33 bits per heavy atom. The van der Waals surface area contributed by atoms with Gasteiger partial charge in [-0.3, -0.25) is 0 Å². The molecule has 30 heavy (non-hydrogen) atoms. The molecule has 2 heterocycles. The molecule has 1 aliphatic heterocycles. The molecule has 0 spiro atoms. The molecule has 9 heteroatoms. The van der Waals surface area contributed by atoms with Crippen LogP contribution in [0, 0.1) is 17.1 Å². The molecule has 1 unspecified atom stereocenters. The normalized spacial score (nSPS) is 15.7. The van der Waals surface area contributed by atoms with E-state index in [0.717, 1.165) is 37.6 Å². The number of benzene rings is 2. The van der Waals surface area contributed by atoms with Crippen LogP contribution in [0.15, 0.2) is 48.5 Å². The van der Waals surface area contributed by atoms with Crippen LogP contribution in [0.2, 0.25) is 0 Å². The summed E-state index contributed by atoms with van der Waals surface area (Å²) in [5.74, 6) is -0.258. The van der Waals surface area contributed by atoms with E-state index in [0.29, 0.717) is 17.1 Å². The van der Waals surface area contributed by atoms with Crippen LogP contribution < -0.4 is 10.6 Å². The first-order valence-corrected chi connectivity index (χ1v) is 11.0. The quantitative estimate of drug-likeness (QED) is 0.695. The van der Waals surface area contributed by atoms with E-state index in [-0.39, 0.29) is 5.56 Å². The summed E-state index contributed by atoms with van der Waals surface area (Å²) in [7, 11) is -0.936. The summed E-state index contributed by atoms with van der Waals surface area (Å²) in [6.07, 6.45) is 1.71. The number of nitrogens with zero attached hydrogens (tertiary/aromatic N) is 5. The molecule has 7 nitrogen and oxygen atoms in total. The minimum atomic E-state index is -0.936. The van der Waals surface area contributed by atoms with Crippen molar-refractivity contribution in [2.24, 2.45) is 0 Å². The average Bonchev–Trinajstić information content (AvgIpc) is 3.15. The van der Waals surface area contributed by atoms with Crippen molar-refractivity contribution in [1.82, 2.24) is 14.1 Å². The van der Waals surface area contributed by atoms with Crippen molar-refractivity contribution < 1.29 is 8.60 Å². The fourth-order valence-electron chi connectivity index (χ4n) is 3.58. The zero-order chi connectivity index (χ0) is 21.3. The van der Waals surface area contributed by atoms with Crippen LogP contribution in [-0.4, -0.2) is 50.7 Å². The number of rotatable bonds is 4. The highest BCUT2D eigenvalue weighted by Crippen LogP contribution is 2.28. The molecule has 1 atom stereocenters. The molecule has 0 saturated carbocycles. The van der Waals surface area contributed by atoms with Crippen LogP contribution in [0.1, 0.15) is 5.56 Å². The SMILES string of the molecule is CS(=O)N1CCN(c2ccc(-n3nc(N)cc3-c3ccc(C#N)c(F)c3)cc2)CC1. The number of halogens is 1. The van der Waals surface area contributed by atoms with Crippen LogP contribution in [0.3, 0.4) is 0 Å². The third-order valence-corrected chi connectivity index (χ3v) is 6.27. The van der Waals surface area contributed by atoms with E-state index in [1.165, 1.54) is 12.1 Å². The van der Waals surface area contributed by atoms with Crippen molar-refractivity contribution in [2.45, 2.75) is 0 Å². The largest absolute Gasteiger partial charge is 0.382 e. The predicted octanol–water partition coefficient (Wildman–Crippen LogP) is 2.55. The first-order valence-electron chi connectivity index (χ1n) is 9.45. The summed E-state index contributed by atoms with van der Waals surface area (Å²) in [6, 6.07) is 15.8. The first kappa shape index (κ1) is 20.1. The molecule has 0 amide bonds. The number of nitrogens with two attached hydrogens (primary N) is 1. The highest BCUT2D eigenvalue weighted by molar-refractivity contribution is 7.81. The van der Waals surface area contributed by atoms with Crippen LogP contribution in [0.5, 0.6) is 0 Å². The summed E-state index contributed by atoms with van der Waals surface area (Å²) < 4.78 is 29.3. The molecule has 1 aliphatic rings. The Labute approximate surface area is 176 Å². The second-order valence-electron chi connectivity index (χ2n) is 7.03. The molecule has 0 bridgehead atoms. The van der Waals surface area contributed by atoms with Crippen molar-refractivity contribution in [3.05, 3.63) is 59.9 Å². The fraction of sp³-hybridized carbons (Fsp3) is 0.238. The van der Waals surface area contributed by atoms with Crippen molar-refractivity contribution in [2.75, 3.05) is 43.1 Å². The van der Waals surface area contributed by atoms with Crippen LogP contribution in [-0.2, 0) is 11.0 Å². The smallest absolute Gasteiger partial charge is 0.146 e. The Morgan fingerprint density at radius 1 is 1.07 bits per heavy atom. The summed E-state index contributed by atoms with van der Waals surface area (Å²) in [6.45, 7) is 3.14. The number of hydrogen-bond acceptors (Lipinski definition) is 5. The minimum absolute atomic E-state index is 0.00542. The van der Waals surface area contributed by atoms with Gasteiger partial charge < -0.3 is 10.6 Å². The lowest BCUT2D eigenvalue weighted by Gasteiger charge is -2.34. The van der Waals surface area contributed by atoms with E-state index in [1.807, 2.05) is 34.6 Å². The molecule has 1 saturated heterocycles. The Hall–Kier alpha value is -3.22. The molecule has 2 aromatic carbocycles. The number of nitriles is 1. The molecule has 0 aliphatic carbocycles. The molecule has 4 rings (SSSR count). The van der Waals surface area contributed by atoms with Gasteiger partial charge in [-0.05, 0) is 36.4 Å². The van der Waals surface area contributed by atoms with Gasteiger partial charge in [0, 0.05) is 49.8 Å². The van der Waals surface area contributed by atoms with Gasteiger partial charge in [-0.15, -0.1) is 0 Å². The summed E-state index contributed by atoms with van der Waals surface area (Å²) in [4.78, 5) is 2.25. The molecule has 1 aromatic heterocycles. The van der Waals surface area contributed by atoms with E-state index < -0.39 is 16.8 Å². The van der Waals surface area contributed by atoms with Gasteiger partial charge in [-0.1, -0.05) is 6.07 Å². The summed E-state index contributed by atoms with van der Waals surface area (Å²) in [5.41, 5.74) is 9.01. The maximum atomic E-state index is 14.1. The molecule has 154 valence electrons. The highest BCUT2D eigenvalue weighted by atomic mass is 32.2. The number of nitrogen functional groups attached to an aromatic ring is 1.